The molecule has 50 heteroatoms. The molecule has 10 aliphatic heterocycles. The van der Waals surface area contributed by atoms with E-state index in [9.17, 15) is 120 Å². The minimum atomic E-state index is -0.770. The first-order valence-corrected chi connectivity index (χ1v) is 48.7. The third kappa shape index (κ3) is 43.1. The molecule has 20 amide bonds. The number of hydroxylamine groups is 10. The van der Waals surface area contributed by atoms with Crippen LogP contribution in [0, 0.1) is 0 Å². The highest BCUT2D eigenvalue weighted by Gasteiger charge is 2.39. The molecule has 10 saturated heterocycles. The third-order valence-electron chi connectivity index (χ3n) is 24.2. The summed E-state index contributed by atoms with van der Waals surface area (Å²) in [6, 6.07) is 2.29. The van der Waals surface area contributed by atoms with E-state index >= 15 is 0 Å². The quantitative estimate of drug-likeness (QED) is 0.0170. The molecule has 0 aromatic heterocycles. The summed E-state index contributed by atoms with van der Waals surface area (Å²) < 4.78 is 0. The summed E-state index contributed by atoms with van der Waals surface area (Å²) >= 11 is 0. The Morgan fingerprint density at radius 2 is 0.336 bits per heavy atom. The first-order valence-electron chi connectivity index (χ1n) is 48.7. The lowest BCUT2D eigenvalue weighted by molar-refractivity contribution is -0.197. The Morgan fingerprint density at radius 3 is 0.471 bits per heavy atom. The van der Waals surface area contributed by atoms with Gasteiger partial charge in [0.2, 0.25) is 59.1 Å². The summed E-state index contributed by atoms with van der Waals surface area (Å²) in [6.07, 6.45) is 16.3. The van der Waals surface area contributed by atoms with Crippen molar-refractivity contribution in [3.05, 3.63) is 0 Å². The molecule has 5 atom stereocenters. The summed E-state index contributed by atoms with van der Waals surface area (Å²) in [5, 5.41) is 28.7. The lowest BCUT2D eigenvalue weighted by Crippen LogP contribution is -2.40. The van der Waals surface area contributed by atoms with Crippen LogP contribution >= 0.6 is 0 Å². The number of rotatable bonds is 50. The van der Waals surface area contributed by atoms with Crippen LogP contribution in [0.3, 0.4) is 0 Å². The van der Waals surface area contributed by atoms with Gasteiger partial charge in [-0.05, 0) is 129 Å². The van der Waals surface area contributed by atoms with Gasteiger partial charge >= 0.3 is 29.8 Å². The van der Waals surface area contributed by atoms with Crippen LogP contribution in [0.2, 0.25) is 0 Å². The van der Waals surface area contributed by atoms with Crippen LogP contribution in [0.25, 0.3) is 0 Å². The van der Waals surface area contributed by atoms with Gasteiger partial charge in [0, 0.05) is 192 Å². The molecule has 10 N–H and O–H groups in total. The number of imide groups is 5. The highest BCUT2D eigenvalue weighted by Crippen LogP contribution is 2.25. The maximum Gasteiger partial charge on any atom is 0.334 e. The zero-order chi connectivity index (χ0) is 103. The van der Waals surface area contributed by atoms with Crippen LogP contribution in [0.4, 0.5) is 0 Å². The second-order valence-electron chi connectivity index (χ2n) is 34.6. The van der Waals surface area contributed by atoms with Crippen LogP contribution in [0.5, 0.6) is 0 Å². The lowest BCUT2D eigenvalue weighted by atomic mass is 10.3. The van der Waals surface area contributed by atoms with Gasteiger partial charge in [0.1, 0.15) is 0 Å². The van der Waals surface area contributed by atoms with Crippen molar-refractivity contribution in [3.8, 4) is 0 Å². The van der Waals surface area contributed by atoms with Crippen molar-refractivity contribution in [2.45, 2.75) is 290 Å². The largest absolute Gasteiger partial charge is 0.355 e. The van der Waals surface area contributed by atoms with Crippen molar-refractivity contribution in [2.24, 2.45) is 0 Å². The highest BCUT2D eigenvalue weighted by atomic mass is 16.8. The monoisotopic (exact) mass is 2020 g/mol. The molecule has 0 spiro atoms. The van der Waals surface area contributed by atoms with E-state index < -0.39 is 88.9 Å². The SMILES string of the molecule is C[13CH2][13CH]1[13CH2][13CH2][13CH2]N1[13CH2][13C](=O)NCCC(=O)NCCC(=O)ON1C(=O)CCC1=O.C[13CH2][13CH]1[13CH2][13CH2][13CH2][15N]1C[13C](=O)NCCC(=O)NCC[13C](=O)ON1C(=O)CCC1=O.C[13CH2][13CH]1[13CH2][13CH2][13CH2][15N]1[13CH2][13C](=O)NCCC(=O)NCCC(=O)ON1C(=O)CCC1=O.[13CH3][13CH2][13CH]1[13CH2][13CH2][13CH2]N1[13CH2][13C](=O)NCCC(=O)NCCC(=O)ON1C(=O)CCC1=O.[13CH3][13CH2][13CH]1[13CH2][13CH2][13CH2][15N]1[13CH2]C(=O)NCCC(=O)NCCC(=O)ON1C(=O)CCC1=O. The number of nitrogens with one attached hydrogen (secondary N) is 10. The first kappa shape index (κ1) is 116. The Hall–Kier alpha value is -12.4. The van der Waals surface area contributed by atoms with Crippen LogP contribution in [-0.4, -0.2) is 359 Å². The fraction of sp³-hybridized carbons (Fsp3) is 0.722. The summed E-state index contributed by atoms with van der Waals surface area (Å²) in [6.45, 7) is 18.1. The van der Waals surface area contributed by atoms with Crippen molar-refractivity contribution < 1.29 is 144 Å². The minimum absolute atomic E-state index is 0.0216. The number of hydrogen-bond acceptors (Lipinski definition) is 35. The maximum atomic E-state index is 12.0. The smallest absolute Gasteiger partial charge is 0.334 e. The molecule has 10 aliphatic rings. The first-order chi connectivity index (χ1) is 67.0. The number of carbonyl (C=O) groups excluding carboxylic acids is 25. The van der Waals surface area contributed by atoms with Gasteiger partial charge in [0.25, 0.3) is 59.1 Å². The molecule has 10 heterocycles. The number of nitrogens with zero attached hydrogens (tertiary/aromatic N) is 10. The van der Waals surface area contributed by atoms with Gasteiger partial charge in [-0.3, -0.25) is 120 Å². The maximum absolute atomic E-state index is 12.0. The topological polar surface area (TPSA) is 626 Å². The Morgan fingerprint density at radius 1 is 0.207 bits per heavy atom. The summed E-state index contributed by atoms with van der Waals surface area (Å²) in [7, 11) is 0. The van der Waals surface area contributed by atoms with E-state index in [0.717, 1.165) is 129 Å². The van der Waals surface area contributed by atoms with Gasteiger partial charge in [0.05, 0.1) is 64.8 Å². The average Bonchev–Trinajstić information content (AvgIpc) is 1.73. The second kappa shape index (κ2) is 63.3. The molecule has 50 nitrogen and oxygen atoms in total. The Balaban J connectivity index is 0.000000268. The molecule has 0 saturated carbocycles. The van der Waals surface area contributed by atoms with Gasteiger partial charge in [-0.15, -0.1) is 25.3 Å². The predicted octanol–water partition coefficient (Wildman–Crippen LogP) is -2.60. The Kier molecular flexibility index (Phi) is 52.5. The van der Waals surface area contributed by atoms with Gasteiger partial charge in [-0.25, -0.2) is 24.0 Å². The van der Waals surface area contributed by atoms with Gasteiger partial charge in [-0.1, -0.05) is 34.6 Å². The normalized spacial score (nSPS) is 19.8. The standard InChI is InChI=1S/5C18H28N4O6/c5*1-2-13-4-3-11-21(13)12-15(24)20-9-7-14(23)19-10-8-18(27)28-22-16(25)5-6-17(22)26/h5*13H,2-12H2,1H3,(H,19,23)(H,20,24)/i2+1,3+1,4+1,11+1,13+1,15+1,18+1,21+1;2+1,3+1,4+1,11+1,12+1,13+1,15+1,21+1;1+1,2+1,3+1,4+1,11+1,12+1,13+1,21+1;1+1,2+1,3+1,4+1,11+1,12+1,13+1,15+1;2+1,3+1,4+1,11+1,12+1,13+1,15+1. The molecule has 780 valence electrons. The molecule has 0 aliphatic carbocycles. The van der Waals surface area contributed by atoms with Crippen molar-refractivity contribution >= 4 is 148 Å². The van der Waals surface area contributed by atoms with E-state index in [0.29, 0.717) is 88.2 Å². The van der Waals surface area contributed by atoms with Gasteiger partial charge in [-0.2, -0.15) is 0 Å². The summed E-state index contributed by atoms with van der Waals surface area (Å²) in [4.78, 5) is 324. The molecular formula is C90H140N20O30. The van der Waals surface area contributed by atoms with E-state index in [2.05, 4.69) is 112 Å². The molecule has 10 fully saturated rings. The number of amides is 20. The van der Waals surface area contributed by atoms with E-state index in [-0.39, 0.29) is 253 Å². The predicted molar refractivity (Wildman–Crippen MR) is 487 cm³/mol. The molecule has 0 aromatic rings. The fourth-order valence-electron chi connectivity index (χ4n) is 16.6. The zero-order valence-corrected chi connectivity index (χ0v) is 81.0. The molecule has 5 unspecified atom stereocenters. The average molecular weight is 2020 g/mol. The van der Waals surface area contributed by atoms with E-state index in [1.165, 1.54) is 0 Å². The lowest BCUT2D eigenvalue weighted by Gasteiger charge is -2.22. The number of carbonyl (C=O) groups is 25. The number of hydrogen-bond donors (Lipinski definition) is 10. The Labute approximate surface area is 812 Å². The van der Waals surface area contributed by atoms with E-state index in [4.69, 9.17) is 24.2 Å². The molecule has 0 aromatic carbocycles. The molecule has 10 rings (SSSR count). The van der Waals surface area contributed by atoms with Crippen molar-refractivity contribution in [2.75, 3.05) is 131 Å². The Bertz CT molecular complexity index is 3650. The summed E-state index contributed by atoms with van der Waals surface area (Å²) in [5.41, 5.74) is 0. The number of likely N-dealkylation sites (tertiary alicyclic amines) is 5. The molecular weight excluding hydrogens is 1880 g/mol. The molecule has 0 radical (unpaired) electrons. The van der Waals surface area contributed by atoms with Gasteiger partial charge in [0.15, 0.2) is 0 Å². The fourth-order valence-corrected chi connectivity index (χ4v) is 16.6. The van der Waals surface area contributed by atoms with Crippen LogP contribution in [-0.2, 0) is 144 Å². The molecule has 0 bridgehead atoms. The van der Waals surface area contributed by atoms with Crippen molar-refractivity contribution in [1.29, 1.82) is 0 Å². The third-order valence-corrected chi connectivity index (χ3v) is 24.2. The zero-order valence-electron chi connectivity index (χ0n) is 81.0. The van der Waals surface area contributed by atoms with Gasteiger partial charge < -0.3 is 77.4 Å². The molecule has 140 heavy (non-hydrogen) atoms. The van der Waals surface area contributed by atoms with Crippen LogP contribution < -0.4 is 53.2 Å². The summed E-state index contributed by atoms with van der Waals surface area (Å²) in [5.74, 6) is -11.3. The van der Waals surface area contributed by atoms with Crippen molar-refractivity contribution in [3.63, 3.8) is 0 Å². The highest BCUT2D eigenvalue weighted by molar-refractivity contribution is 6.04. The van der Waals surface area contributed by atoms with Crippen molar-refractivity contribution in [1.82, 2.24) is 103 Å². The second-order valence-corrected chi connectivity index (χ2v) is 34.6. The van der Waals surface area contributed by atoms with Crippen LogP contribution in [0.1, 0.15) is 259 Å². The van der Waals surface area contributed by atoms with E-state index in [1.807, 2.05) is 0 Å². The van der Waals surface area contributed by atoms with Crippen LogP contribution in [0.15, 0.2) is 0 Å². The minimum Gasteiger partial charge on any atom is -0.355 e. The van der Waals surface area contributed by atoms with E-state index in [1.54, 1.807) is 0 Å².